The van der Waals surface area contributed by atoms with Crippen LogP contribution in [0.25, 0.3) is 5.65 Å². The fourth-order valence-corrected chi connectivity index (χ4v) is 4.20. The standard InChI is InChI=1S/C23H27N3O5/c1-14-7-8-25-20(11-14)24-15(2)21(25)23(28)26-9-10-31-19(13-27)22(26)16-5-6-17(29-3)18(12-16)30-4/h5-8,11-12,19,22,27H,9-10,13H2,1-4H3/t19-,22-/m1/s1. The van der Waals surface area contributed by atoms with Crippen molar-refractivity contribution in [1.29, 1.82) is 0 Å². The average Bonchev–Trinajstić information content (AvgIpc) is 3.12. The second-order valence-corrected chi connectivity index (χ2v) is 7.63. The number of imidazole rings is 1. The van der Waals surface area contributed by atoms with E-state index in [0.29, 0.717) is 36.0 Å². The van der Waals surface area contributed by atoms with E-state index in [1.807, 2.05) is 48.7 Å². The number of benzene rings is 1. The van der Waals surface area contributed by atoms with Gasteiger partial charge in [-0.2, -0.15) is 0 Å². The minimum atomic E-state index is -0.558. The van der Waals surface area contributed by atoms with Crippen LogP contribution in [0.1, 0.15) is 33.4 Å². The summed E-state index contributed by atoms with van der Waals surface area (Å²) in [4.78, 5) is 20.1. The number of hydrogen-bond donors (Lipinski definition) is 1. The molecule has 1 fully saturated rings. The number of morpholine rings is 1. The van der Waals surface area contributed by atoms with Crippen LogP contribution >= 0.6 is 0 Å². The highest BCUT2D eigenvalue weighted by molar-refractivity contribution is 5.95. The lowest BCUT2D eigenvalue weighted by Gasteiger charge is -2.41. The first-order valence-corrected chi connectivity index (χ1v) is 10.2. The monoisotopic (exact) mass is 425 g/mol. The quantitative estimate of drug-likeness (QED) is 0.676. The van der Waals surface area contributed by atoms with E-state index < -0.39 is 12.1 Å². The van der Waals surface area contributed by atoms with Gasteiger partial charge in [-0.25, -0.2) is 4.98 Å². The van der Waals surface area contributed by atoms with E-state index in [-0.39, 0.29) is 12.5 Å². The highest BCUT2D eigenvalue weighted by Gasteiger charge is 2.38. The van der Waals surface area contributed by atoms with Gasteiger partial charge < -0.3 is 24.2 Å². The summed E-state index contributed by atoms with van der Waals surface area (Å²) < 4.78 is 18.4. The van der Waals surface area contributed by atoms with Gasteiger partial charge in [-0.15, -0.1) is 0 Å². The molecule has 164 valence electrons. The summed E-state index contributed by atoms with van der Waals surface area (Å²) in [6.45, 7) is 4.36. The van der Waals surface area contributed by atoms with Gasteiger partial charge in [-0.1, -0.05) is 6.07 Å². The normalized spacial score (nSPS) is 18.9. The van der Waals surface area contributed by atoms with Crippen LogP contribution in [0.5, 0.6) is 11.5 Å². The van der Waals surface area contributed by atoms with Crippen molar-refractivity contribution in [2.45, 2.75) is 26.0 Å². The van der Waals surface area contributed by atoms with Crippen LogP contribution in [0.2, 0.25) is 0 Å². The van der Waals surface area contributed by atoms with Crippen LogP contribution in [0, 0.1) is 13.8 Å². The van der Waals surface area contributed by atoms with Crippen LogP contribution in [0.3, 0.4) is 0 Å². The highest BCUT2D eigenvalue weighted by Crippen LogP contribution is 2.36. The Balaban J connectivity index is 1.79. The topological polar surface area (TPSA) is 85.5 Å². The number of methoxy groups -OCH3 is 2. The maximum absolute atomic E-state index is 13.8. The zero-order chi connectivity index (χ0) is 22.1. The van der Waals surface area contributed by atoms with Crippen molar-refractivity contribution in [1.82, 2.24) is 14.3 Å². The smallest absolute Gasteiger partial charge is 0.273 e. The largest absolute Gasteiger partial charge is 0.493 e. The van der Waals surface area contributed by atoms with Gasteiger partial charge in [-0.3, -0.25) is 9.20 Å². The Bertz CT molecular complexity index is 1110. The zero-order valence-electron chi connectivity index (χ0n) is 18.2. The minimum Gasteiger partial charge on any atom is -0.493 e. The highest BCUT2D eigenvalue weighted by atomic mass is 16.5. The maximum Gasteiger partial charge on any atom is 0.273 e. The van der Waals surface area contributed by atoms with Crippen LogP contribution in [-0.4, -0.2) is 65.4 Å². The lowest BCUT2D eigenvalue weighted by atomic mass is 9.97. The van der Waals surface area contributed by atoms with Gasteiger partial charge in [0.15, 0.2) is 11.5 Å². The summed E-state index contributed by atoms with van der Waals surface area (Å²) >= 11 is 0. The molecule has 1 aliphatic heterocycles. The Morgan fingerprint density at radius 1 is 1.19 bits per heavy atom. The van der Waals surface area contributed by atoms with Crippen LogP contribution < -0.4 is 9.47 Å². The van der Waals surface area contributed by atoms with Crippen molar-refractivity contribution < 1.29 is 24.1 Å². The maximum atomic E-state index is 13.8. The number of ether oxygens (including phenoxy) is 3. The van der Waals surface area contributed by atoms with Crippen molar-refractivity contribution in [3.05, 3.63) is 59.0 Å². The molecule has 8 heteroatoms. The second-order valence-electron chi connectivity index (χ2n) is 7.63. The number of pyridine rings is 1. The number of rotatable bonds is 5. The third-order valence-electron chi connectivity index (χ3n) is 5.70. The predicted molar refractivity (Wildman–Crippen MR) is 115 cm³/mol. The Kier molecular flexibility index (Phi) is 5.84. The SMILES string of the molecule is COc1ccc([C@@H]2[C@@H](CO)OCCN2C(=O)c2c(C)nc3cc(C)ccn23)cc1OC. The first-order valence-electron chi connectivity index (χ1n) is 10.2. The summed E-state index contributed by atoms with van der Waals surface area (Å²) in [6, 6.07) is 8.90. The molecule has 2 aromatic heterocycles. The summed E-state index contributed by atoms with van der Waals surface area (Å²) in [5.74, 6) is 0.987. The number of hydrogen-bond acceptors (Lipinski definition) is 6. The van der Waals surface area contributed by atoms with E-state index in [2.05, 4.69) is 4.98 Å². The second kappa shape index (κ2) is 8.56. The predicted octanol–water partition coefficient (Wildman–Crippen LogP) is 2.54. The Hall–Kier alpha value is -3.10. The molecule has 3 aromatic rings. The molecule has 1 amide bonds. The molecule has 3 heterocycles. The Labute approximate surface area is 181 Å². The van der Waals surface area contributed by atoms with E-state index in [4.69, 9.17) is 14.2 Å². The van der Waals surface area contributed by atoms with E-state index in [9.17, 15) is 9.90 Å². The molecule has 0 spiro atoms. The number of aromatic nitrogens is 2. The minimum absolute atomic E-state index is 0.157. The number of carbonyl (C=O) groups excluding carboxylic acids is 1. The molecule has 1 saturated heterocycles. The van der Waals surface area contributed by atoms with Gasteiger partial charge in [0, 0.05) is 12.7 Å². The third kappa shape index (κ3) is 3.73. The van der Waals surface area contributed by atoms with Crippen LogP contribution in [-0.2, 0) is 4.74 Å². The number of aliphatic hydroxyl groups is 1. The first kappa shape index (κ1) is 21.1. The van der Waals surface area contributed by atoms with E-state index >= 15 is 0 Å². The molecule has 1 N–H and O–H groups in total. The van der Waals surface area contributed by atoms with Gasteiger partial charge in [0.1, 0.15) is 17.4 Å². The molecule has 4 rings (SSSR count). The lowest BCUT2D eigenvalue weighted by Crippen LogP contribution is -2.49. The summed E-state index contributed by atoms with van der Waals surface area (Å²) in [5.41, 5.74) is 3.78. The molecule has 0 radical (unpaired) electrons. The summed E-state index contributed by atoms with van der Waals surface area (Å²) in [5, 5.41) is 10.0. The number of nitrogens with zero attached hydrogens (tertiary/aromatic N) is 3. The number of amides is 1. The van der Waals surface area contributed by atoms with Gasteiger partial charge in [0.2, 0.25) is 0 Å². The van der Waals surface area contributed by atoms with E-state index in [1.54, 1.807) is 25.2 Å². The molecule has 2 atom stereocenters. The molecular weight excluding hydrogens is 398 g/mol. The number of fused-ring (bicyclic) bond motifs is 1. The number of aryl methyl sites for hydroxylation is 2. The molecule has 0 unspecified atom stereocenters. The molecule has 8 nitrogen and oxygen atoms in total. The van der Waals surface area contributed by atoms with Crippen molar-refractivity contribution in [2.24, 2.45) is 0 Å². The molecule has 0 saturated carbocycles. The summed E-state index contributed by atoms with van der Waals surface area (Å²) in [6.07, 6.45) is 1.31. The van der Waals surface area contributed by atoms with Crippen molar-refractivity contribution in [2.75, 3.05) is 34.0 Å². The molecule has 0 bridgehead atoms. The van der Waals surface area contributed by atoms with Gasteiger partial charge >= 0.3 is 0 Å². The molecule has 31 heavy (non-hydrogen) atoms. The Morgan fingerprint density at radius 3 is 2.68 bits per heavy atom. The van der Waals surface area contributed by atoms with Crippen molar-refractivity contribution in [3.63, 3.8) is 0 Å². The van der Waals surface area contributed by atoms with Crippen LogP contribution in [0.15, 0.2) is 36.5 Å². The fraction of sp³-hybridized carbons (Fsp3) is 0.391. The number of aliphatic hydroxyl groups excluding tert-OH is 1. The third-order valence-corrected chi connectivity index (χ3v) is 5.70. The van der Waals surface area contributed by atoms with E-state index in [1.165, 1.54) is 0 Å². The van der Waals surface area contributed by atoms with Gasteiger partial charge in [0.05, 0.1) is 39.2 Å². The van der Waals surface area contributed by atoms with Gasteiger partial charge in [0.25, 0.3) is 5.91 Å². The van der Waals surface area contributed by atoms with Crippen molar-refractivity contribution >= 4 is 11.6 Å². The average molecular weight is 425 g/mol. The molecule has 1 aromatic carbocycles. The molecule has 1 aliphatic rings. The Morgan fingerprint density at radius 2 is 1.97 bits per heavy atom. The lowest BCUT2D eigenvalue weighted by molar-refractivity contribution is -0.0813. The number of carbonyl (C=O) groups is 1. The van der Waals surface area contributed by atoms with Gasteiger partial charge in [-0.05, 0) is 49.2 Å². The van der Waals surface area contributed by atoms with Crippen molar-refractivity contribution in [3.8, 4) is 11.5 Å². The zero-order valence-corrected chi connectivity index (χ0v) is 18.2. The summed E-state index contributed by atoms with van der Waals surface area (Å²) in [7, 11) is 3.14. The molecule has 0 aliphatic carbocycles. The molecular formula is C23H27N3O5. The first-order chi connectivity index (χ1) is 15.0. The van der Waals surface area contributed by atoms with E-state index in [0.717, 1.165) is 16.8 Å². The van der Waals surface area contributed by atoms with Crippen LogP contribution in [0.4, 0.5) is 0 Å². The fourth-order valence-electron chi connectivity index (χ4n) is 4.20.